The number of carbonyl (C=O) groups is 3. The maximum absolute atomic E-state index is 14.0. The minimum atomic E-state index is -0.393. The second-order valence-electron chi connectivity index (χ2n) is 9.02. The third kappa shape index (κ3) is 2.81. The first-order chi connectivity index (χ1) is 15.1. The van der Waals surface area contributed by atoms with Gasteiger partial charge in [0, 0.05) is 42.1 Å². The number of likely N-dealkylation sites (tertiary alicyclic amines) is 1. The molecule has 0 saturated carbocycles. The smallest absolute Gasteiger partial charge is 0.235 e. The number of piperidine rings is 1. The highest BCUT2D eigenvalue weighted by Crippen LogP contribution is 2.47. The molecule has 2 bridgehead atoms. The third-order valence-corrected chi connectivity index (χ3v) is 7.34. The van der Waals surface area contributed by atoms with E-state index in [-0.39, 0.29) is 35.8 Å². The lowest BCUT2D eigenvalue weighted by Crippen LogP contribution is -2.54. The predicted octanol–water partition coefficient (Wildman–Crippen LogP) is 3.60. The molecule has 4 aliphatic rings. The monoisotopic (exact) mass is 416 g/mol. The topological polar surface area (TPSA) is 66.9 Å². The summed E-state index contributed by atoms with van der Waals surface area (Å²) in [5.74, 6) is 1.07. The van der Waals surface area contributed by atoms with Crippen molar-refractivity contribution in [2.75, 3.05) is 0 Å². The fourth-order valence-corrected chi connectivity index (χ4v) is 6.05. The van der Waals surface area contributed by atoms with Gasteiger partial charge in [0.2, 0.25) is 17.7 Å². The van der Waals surface area contributed by atoms with E-state index in [2.05, 4.69) is 4.90 Å². The Kier molecular flexibility index (Phi) is 4.16. The SMILES string of the molecule is O=C1CCC(=O)N1C1CC2CCC(C1)N2C(=O)C1c2ccccc2Oc2ccccc21. The van der Waals surface area contributed by atoms with Crippen molar-refractivity contribution in [3.63, 3.8) is 0 Å². The maximum Gasteiger partial charge on any atom is 0.235 e. The van der Waals surface area contributed by atoms with Crippen LogP contribution in [0.15, 0.2) is 48.5 Å². The van der Waals surface area contributed by atoms with Crippen molar-refractivity contribution in [3.8, 4) is 11.5 Å². The second-order valence-corrected chi connectivity index (χ2v) is 9.02. The molecule has 0 N–H and O–H groups in total. The maximum atomic E-state index is 14.0. The Morgan fingerprint density at radius 3 is 1.84 bits per heavy atom. The molecular formula is C25H24N2O4. The molecule has 0 spiro atoms. The Morgan fingerprint density at radius 1 is 0.774 bits per heavy atom. The molecule has 6 nitrogen and oxygen atoms in total. The van der Waals surface area contributed by atoms with E-state index in [0.29, 0.717) is 25.7 Å². The normalized spacial score (nSPS) is 27.2. The van der Waals surface area contributed by atoms with Gasteiger partial charge in [0.25, 0.3) is 0 Å². The molecule has 2 aromatic carbocycles. The first-order valence-corrected chi connectivity index (χ1v) is 11.1. The lowest BCUT2D eigenvalue weighted by atomic mass is 9.85. The van der Waals surface area contributed by atoms with Gasteiger partial charge in [0.1, 0.15) is 11.5 Å². The first-order valence-electron chi connectivity index (χ1n) is 11.1. The minimum absolute atomic E-state index is 0.0542. The van der Waals surface area contributed by atoms with Crippen LogP contribution >= 0.6 is 0 Å². The second kappa shape index (κ2) is 6.94. The van der Waals surface area contributed by atoms with Crippen LogP contribution in [0.1, 0.15) is 55.6 Å². The van der Waals surface area contributed by atoms with E-state index < -0.39 is 5.92 Å². The van der Waals surface area contributed by atoms with Crippen LogP contribution in [-0.4, -0.2) is 45.6 Å². The molecule has 0 aromatic heterocycles. The predicted molar refractivity (Wildman–Crippen MR) is 113 cm³/mol. The highest BCUT2D eigenvalue weighted by atomic mass is 16.5. The first kappa shape index (κ1) is 18.6. The Morgan fingerprint density at radius 2 is 1.29 bits per heavy atom. The van der Waals surface area contributed by atoms with Gasteiger partial charge < -0.3 is 9.64 Å². The number of carbonyl (C=O) groups excluding carboxylic acids is 3. The molecule has 3 amide bonds. The van der Waals surface area contributed by atoms with Gasteiger partial charge in [-0.15, -0.1) is 0 Å². The van der Waals surface area contributed by atoms with Gasteiger partial charge in [0.15, 0.2) is 0 Å². The summed E-state index contributed by atoms with van der Waals surface area (Å²) in [6.45, 7) is 0. The van der Waals surface area contributed by atoms with E-state index in [1.54, 1.807) is 0 Å². The Labute approximate surface area is 180 Å². The summed E-state index contributed by atoms with van der Waals surface area (Å²) in [6.07, 6.45) is 3.87. The van der Waals surface area contributed by atoms with Crippen LogP contribution in [0.5, 0.6) is 11.5 Å². The number of imide groups is 1. The van der Waals surface area contributed by atoms with Gasteiger partial charge in [-0.05, 0) is 37.8 Å². The number of benzene rings is 2. The lowest BCUT2D eigenvalue weighted by Gasteiger charge is -2.43. The summed E-state index contributed by atoms with van der Waals surface area (Å²) in [5.41, 5.74) is 1.80. The van der Waals surface area contributed by atoms with Crippen LogP contribution in [0.2, 0.25) is 0 Å². The zero-order chi connectivity index (χ0) is 21.1. The highest BCUT2D eigenvalue weighted by Gasteiger charge is 2.50. The summed E-state index contributed by atoms with van der Waals surface area (Å²) < 4.78 is 6.07. The van der Waals surface area contributed by atoms with Gasteiger partial charge in [-0.2, -0.15) is 0 Å². The molecule has 3 fully saturated rings. The molecule has 2 atom stereocenters. The van der Waals surface area contributed by atoms with Gasteiger partial charge in [-0.3, -0.25) is 19.3 Å². The fraction of sp³-hybridized carbons (Fsp3) is 0.400. The quantitative estimate of drug-likeness (QED) is 0.702. The van der Waals surface area contributed by atoms with E-state index in [1.165, 1.54) is 4.90 Å². The molecule has 0 aliphatic carbocycles. The van der Waals surface area contributed by atoms with Crippen LogP contribution in [0, 0.1) is 0 Å². The Bertz CT molecular complexity index is 1020. The molecule has 2 unspecified atom stereocenters. The molecule has 31 heavy (non-hydrogen) atoms. The number of rotatable bonds is 2. The van der Waals surface area contributed by atoms with Crippen molar-refractivity contribution >= 4 is 17.7 Å². The number of hydrogen-bond donors (Lipinski definition) is 0. The summed E-state index contributed by atoms with van der Waals surface area (Å²) >= 11 is 0. The van der Waals surface area contributed by atoms with E-state index >= 15 is 0 Å². The molecule has 0 radical (unpaired) electrons. The zero-order valence-electron chi connectivity index (χ0n) is 17.2. The van der Waals surface area contributed by atoms with Crippen molar-refractivity contribution in [2.45, 2.75) is 62.6 Å². The van der Waals surface area contributed by atoms with Crippen LogP contribution < -0.4 is 4.74 Å². The molecule has 4 aliphatic heterocycles. The summed E-state index contributed by atoms with van der Waals surface area (Å²) in [7, 11) is 0. The third-order valence-electron chi connectivity index (χ3n) is 7.34. The van der Waals surface area contributed by atoms with Gasteiger partial charge in [0.05, 0.1) is 5.92 Å². The fourth-order valence-electron chi connectivity index (χ4n) is 6.05. The van der Waals surface area contributed by atoms with Crippen LogP contribution in [0.25, 0.3) is 0 Å². The van der Waals surface area contributed by atoms with Crippen molar-refractivity contribution in [2.24, 2.45) is 0 Å². The molecule has 4 heterocycles. The number of hydrogen-bond acceptors (Lipinski definition) is 4. The zero-order valence-corrected chi connectivity index (χ0v) is 17.2. The van der Waals surface area contributed by atoms with Gasteiger partial charge in [-0.1, -0.05) is 36.4 Å². The van der Waals surface area contributed by atoms with Crippen molar-refractivity contribution in [1.29, 1.82) is 0 Å². The lowest BCUT2D eigenvalue weighted by molar-refractivity contribution is -0.144. The van der Waals surface area contributed by atoms with E-state index in [0.717, 1.165) is 35.5 Å². The van der Waals surface area contributed by atoms with E-state index in [9.17, 15) is 14.4 Å². The van der Waals surface area contributed by atoms with Crippen LogP contribution in [0.4, 0.5) is 0 Å². The number of amides is 3. The van der Waals surface area contributed by atoms with Gasteiger partial charge >= 0.3 is 0 Å². The van der Waals surface area contributed by atoms with Gasteiger partial charge in [-0.25, -0.2) is 0 Å². The molecular weight excluding hydrogens is 392 g/mol. The van der Waals surface area contributed by atoms with Crippen LogP contribution in [0.3, 0.4) is 0 Å². The molecule has 6 heteroatoms. The molecule has 2 aromatic rings. The highest BCUT2D eigenvalue weighted by molar-refractivity contribution is 6.02. The number of fused-ring (bicyclic) bond motifs is 4. The number of nitrogens with zero attached hydrogens (tertiary/aromatic N) is 2. The van der Waals surface area contributed by atoms with Crippen molar-refractivity contribution < 1.29 is 19.1 Å². The average molecular weight is 416 g/mol. The summed E-state index contributed by atoms with van der Waals surface area (Å²) in [6, 6.07) is 15.6. The minimum Gasteiger partial charge on any atom is -0.457 e. The molecule has 6 rings (SSSR count). The van der Waals surface area contributed by atoms with Crippen LogP contribution in [-0.2, 0) is 14.4 Å². The summed E-state index contributed by atoms with van der Waals surface area (Å²) in [5, 5.41) is 0. The molecule has 3 saturated heterocycles. The summed E-state index contributed by atoms with van der Waals surface area (Å²) in [4.78, 5) is 42.1. The standard InChI is InChI=1S/C25H24N2O4/c28-22-11-12-23(29)27(22)17-13-15-9-10-16(14-17)26(15)25(30)24-18-5-1-3-7-20(18)31-21-8-4-2-6-19(21)24/h1-8,15-17,24H,9-14H2. The Hall–Kier alpha value is -3.15. The number of ether oxygens (including phenoxy) is 1. The largest absolute Gasteiger partial charge is 0.457 e. The number of para-hydroxylation sites is 2. The van der Waals surface area contributed by atoms with E-state index in [4.69, 9.17) is 4.74 Å². The molecule has 158 valence electrons. The van der Waals surface area contributed by atoms with Crippen molar-refractivity contribution in [1.82, 2.24) is 9.80 Å². The Balaban J connectivity index is 1.33. The van der Waals surface area contributed by atoms with Crippen molar-refractivity contribution in [3.05, 3.63) is 59.7 Å². The average Bonchev–Trinajstić information content (AvgIpc) is 3.26. The van der Waals surface area contributed by atoms with E-state index in [1.807, 2.05) is 48.5 Å².